The number of fused-ring (bicyclic) bond motifs is 1. The van der Waals surface area contributed by atoms with Gasteiger partial charge in [0.2, 0.25) is 11.7 Å². The van der Waals surface area contributed by atoms with Gasteiger partial charge >= 0.3 is 0 Å². The molecule has 0 unspecified atom stereocenters. The van der Waals surface area contributed by atoms with E-state index in [9.17, 15) is 14.4 Å². The third kappa shape index (κ3) is 5.98. The lowest BCUT2D eigenvalue weighted by atomic mass is 10.0. The monoisotopic (exact) mass is 527 g/mol. The molecule has 3 aromatic carbocycles. The summed E-state index contributed by atoms with van der Waals surface area (Å²) >= 11 is 0. The van der Waals surface area contributed by atoms with E-state index in [2.05, 4.69) is 10.6 Å². The van der Waals surface area contributed by atoms with Crippen LogP contribution in [0.15, 0.2) is 60.7 Å². The Balaban J connectivity index is 1.63. The number of ether oxygens (including phenoxy) is 3. The molecule has 0 radical (unpaired) electrons. The third-order valence-electron chi connectivity index (χ3n) is 6.15. The second kappa shape index (κ2) is 11.6. The Morgan fingerprint density at radius 3 is 2.10 bits per heavy atom. The maximum Gasteiger partial charge on any atom is 0.252 e. The van der Waals surface area contributed by atoms with Crippen molar-refractivity contribution in [2.45, 2.75) is 13.8 Å². The molecule has 0 fully saturated rings. The Hall–Kier alpha value is -4.92. The molecular formula is C30H29N3O6. The average molecular weight is 528 g/mol. The molecule has 9 heteroatoms. The Bertz CT molecular complexity index is 1540. The highest BCUT2D eigenvalue weighted by Gasteiger charge is 2.19. The molecule has 0 saturated heterocycles. The maximum absolute atomic E-state index is 13.4. The van der Waals surface area contributed by atoms with Gasteiger partial charge < -0.3 is 24.8 Å². The van der Waals surface area contributed by atoms with Gasteiger partial charge in [0.1, 0.15) is 0 Å². The third-order valence-corrected chi connectivity index (χ3v) is 6.15. The molecule has 0 saturated carbocycles. The number of hydrogen-bond acceptors (Lipinski definition) is 7. The number of pyridine rings is 1. The zero-order chi connectivity index (χ0) is 28.1. The summed E-state index contributed by atoms with van der Waals surface area (Å²) in [6, 6.07) is 17.4. The molecular weight excluding hydrogens is 498 g/mol. The van der Waals surface area contributed by atoms with E-state index < -0.39 is 11.8 Å². The van der Waals surface area contributed by atoms with Gasteiger partial charge in [-0.05, 0) is 68.4 Å². The van der Waals surface area contributed by atoms with Gasteiger partial charge in [-0.15, -0.1) is 0 Å². The van der Waals surface area contributed by atoms with Crippen LogP contribution in [0.1, 0.15) is 33.2 Å². The second-order valence-electron chi connectivity index (χ2n) is 8.85. The van der Waals surface area contributed by atoms with Crippen molar-refractivity contribution in [3.05, 3.63) is 77.4 Å². The van der Waals surface area contributed by atoms with Crippen LogP contribution in [0, 0.1) is 6.92 Å². The molecule has 0 aliphatic rings. The lowest BCUT2D eigenvalue weighted by Gasteiger charge is -2.15. The smallest absolute Gasteiger partial charge is 0.252 e. The molecule has 200 valence electrons. The Morgan fingerprint density at radius 2 is 1.51 bits per heavy atom. The summed E-state index contributed by atoms with van der Waals surface area (Å²) in [5.41, 5.74) is 4.19. The molecule has 2 N–H and O–H groups in total. The molecule has 4 rings (SSSR count). The minimum atomic E-state index is -0.427. The molecule has 2 amide bonds. The molecule has 1 aromatic heterocycles. The molecule has 4 aromatic rings. The summed E-state index contributed by atoms with van der Waals surface area (Å²) in [4.78, 5) is 42.1. The number of aryl methyl sites for hydroxylation is 1. The molecule has 0 aliphatic heterocycles. The number of anilines is 1. The molecule has 9 nitrogen and oxygen atoms in total. The number of nitrogens with one attached hydrogen (secondary N) is 2. The van der Waals surface area contributed by atoms with Gasteiger partial charge in [-0.1, -0.05) is 11.6 Å². The van der Waals surface area contributed by atoms with Crippen molar-refractivity contribution in [2.24, 2.45) is 0 Å². The number of hydrogen-bond donors (Lipinski definition) is 2. The van der Waals surface area contributed by atoms with Crippen molar-refractivity contribution >= 4 is 34.2 Å². The molecule has 0 bridgehead atoms. The molecule has 0 spiro atoms. The number of carbonyl (C=O) groups is 3. The fourth-order valence-electron chi connectivity index (χ4n) is 4.15. The first-order valence-electron chi connectivity index (χ1n) is 12.1. The van der Waals surface area contributed by atoms with E-state index in [0.29, 0.717) is 56.2 Å². The number of ketones is 1. The van der Waals surface area contributed by atoms with E-state index in [1.165, 1.54) is 28.3 Å². The van der Waals surface area contributed by atoms with Crippen molar-refractivity contribution < 1.29 is 28.6 Å². The Morgan fingerprint density at radius 1 is 0.846 bits per heavy atom. The SMILES string of the molecule is COc1cc(-c2cc(C(=O)NCC(=O)Nc3ccc(C(C)=O)cc3)c3cc(C)ccc3n2)cc(OC)c1OC. The fraction of sp³-hybridized carbons (Fsp3) is 0.200. The summed E-state index contributed by atoms with van der Waals surface area (Å²) in [7, 11) is 4.58. The lowest BCUT2D eigenvalue weighted by molar-refractivity contribution is -0.115. The van der Waals surface area contributed by atoms with Gasteiger partial charge in [-0.2, -0.15) is 0 Å². The van der Waals surface area contributed by atoms with Crippen molar-refractivity contribution in [1.29, 1.82) is 0 Å². The highest BCUT2D eigenvalue weighted by Crippen LogP contribution is 2.41. The van der Waals surface area contributed by atoms with Crippen LogP contribution in [-0.2, 0) is 4.79 Å². The van der Waals surface area contributed by atoms with Crippen LogP contribution in [0.2, 0.25) is 0 Å². The minimum absolute atomic E-state index is 0.0640. The number of methoxy groups -OCH3 is 3. The zero-order valence-electron chi connectivity index (χ0n) is 22.4. The van der Waals surface area contributed by atoms with Gasteiger partial charge in [0.05, 0.1) is 44.6 Å². The van der Waals surface area contributed by atoms with Gasteiger partial charge in [-0.25, -0.2) is 4.98 Å². The average Bonchev–Trinajstić information content (AvgIpc) is 2.94. The van der Waals surface area contributed by atoms with E-state index in [1.54, 1.807) is 42.5 Å². The number of rotatable bonds is 9. The van der Waals surface area contributed by atoms with Gasteiger partial charge in [0.25, 0.3) is 5.91 Å². The van der Waals surface area contributed by atoms with Crippen LogP contribution in [0.5, 0.6) is 17.2 Å². The summed E-state index contributed by atoms with van der Waals surface area (Å²) < 4.78 is 16.4. The normalized spacial score (nSPS) is 10.6. The van der Waals surface area contributed by atoms with Crippen molar-refractivity contribution in [3.8, 4) is 28.5 Å². The number of amides is 2. The largest absolute Gasteiger partial charge is 0.493 e. The van der Waals surface area contributed by atoms with E-state index in [0.717, 1.165) is 5.56 Å². The van der Waals surface area contributed by atoms with Crippen molar-refractivity contribution in [3.63, 3.8) is 0 Å². The number of Topliss-reactive ketones (excluding diaryl/α,β-unsaturated/α-hetero) is 1. The Labute approximate surface area is 226 Å². The zero-order valence-corrected chi connectivity index (χ0v) is 22.4. The van der Waals surface area contributed by atoms with Crippen LogP contribution in [0.3, 0.4) is 0 Å². The van der Waals surface area contributed by atoms with Gasteiger partial charge in [-0.3, -0.25) is 14.4 Å². The van der Waals surface area contributed by atoms with Crippen LogP contribution in [0.4, 0.5) is 5.69 Å². The van der Waals surface area contributed by atoms with Gasteiger partial charge in [0, 0.05) is 22.2 Å². The first kappa shape index (κ1) is 27.1. The summed E-state index contributed by atoms with van der Waals surface area (Å²) in [6.07, 6.45) is 0. The van der Waals surface area contributed by atoms with E-state index in [-0.39, 0.29) is 12.3 Å². The number of nitrogens with zero attached hydrogens (tertiary/aromatic N) is 1. The summed E-state index contributed by atoms with van der Waals surface area (Å²) in [5, 5.41) is 6.07. The van der Waals surface area contributed by atoms with Crippen LogP contribution in [0.25, 0.3) is 22.2 Å². The first-order valence-corrected chi connectivity index (χ1v) is 12.1. The first-order chi connectivity index (χ1) is 18.7. The highest BCUT2D eigenvalue weighted by atomic mass is 16.5. The number of benzene rings is 3. The molecule has 39 heavy (non-hydrogen) atoms. The predicted octanol–water partition coefficient (Wildman–Crippen LogP) is 4.81. The van der Waals surface area contributed by atoms with E-state index in [4.69, 9.17) is 19.2 Å². The fourth-order valence-corrected chi connectivity index (χ4v) is 4.15. The van der Waals surface area contributed by atoms with E-state index >= 15 is 0 Å². The Kier molecular flexibility index (Phi) is 8.10. The van der Waals surface area contributed by atoms with Crippen molar-refractivity contribution in [1.82, 2.24) is 10.3 Å². The van der Waals surface area contributed by atoms with E-state index in [1.807, 2.05) is 25.1 Å². The quantitative estimate of drug-likeness (QED) is 0.300. The van der Waals surface area contributed by atoms with Crippen LogP contribution >= 0.6 is 0 Å². The predicted molar refractivity (Wildman–Crippen MR) is 149 cm³/mol. The maximum atomic E-state index is 13.4. The highest BCUT2D eigenvalue weighted by molar-refractivity contribution is 6.08. The summed E-state index contributed by atoms with van der Waals surface area (Å²) in [5.74, 6) is 0.460. The van der Waals surface area contributed by atoms with Crippen LogP contribution < -0.4 is 24.8 Å². The van der Waals surface area contributed by atoms with Gasteiger partial charge in [0.15, 0.2) is 17.3 Å². The summed E-state index contributed by atoms with van der Waals surface area (Å²) in [6.45, 7) is 3.15. The number of aromatic nitrogens is 1. The molecule has 0 atom stereocenters. The van der Waals surface area contributed by atoms with Crippen LogP contribution in [-0.4, -0.2) is 50.5 Å². The van der Waals surface area contributed by atoms with Crippen molar-refractivity contribution in [2.75, 3.05) is 33.2 Å². The molecule has 0 aliphatic carbocycles. The second-order valence-corrected chi connectivity index (χ2v) is 8.85. The number of carbonyl (C=O) groups excluding carboxylic acids is 3. The lowest BCUT2D eigenvalue weighted by Crippen LogP contribution is -2.33. The molecule has 1 heterocycles. The minimum Gasteiger partial charge on any atom is -0.493 e. The topological polar surface area (TPSA) is 116 Å². The standard InChI is InChI=1S/C30H29N3O6/c1-17-6-11-24-22(12-17)23(15-25(33-24)20-13-26(37-3)29(39-5)27(14-20)38-4)30(36)31-16-28(35)32-21-9-7-19(8-10-21)18(2)34/h6-15H,16H2,1-5H3,(H,31,36)(H,32,35).